The van der Waals surface area contributed by atoms with E-state index in [0.717, 1.165) is 11.4 Å². The molecule has 0 saturated heterocycles. The predicted molar refractivity (Wildman–Crippen MR) is 90.2 cm³/mol. The fourth-order valence-electron chi connectivity index (χ4n) is 2.67. The smallest absolute Gasteiger partial charge is 0.0410 e. The lowest BCUT2D eigenvalue weighted by Crippen LogP contribution is -2.33. The van der Waals surface area contributed by atoms with E-state index in [-0.39, 0.29) is 0 Å². The standard InChI is InChI=1S/C16H18ClNS2/c1-11(9-13-3-2-7-19-13)18-15-6-8-20-16-5-4-12(17)10-14(15)16/h2-5,7,10-11,15,18H,6,8-9H2,1H3. The molecule has 1 aliphatic rings. The minimum absolute atomic E-state index is 0.430. The predicted octanol–water partition coefficient (Wildman–Crippen LogP) is 5.16. The molecule has 0 saturated carbocycles. The Labute approximate surface area is 133 Å². The van der Waals surface area contributed by atoms with Crippen LogP contribution in [-0.2, 0) is 6.42 Å². The number of thiophene rings is 1. The fourth-order valence-corrected chi connectivity index (χ4v) is 4.79. The zero-order chi connectivity index (χ0) is 13.9. The first-order chi connectivity index (χ1) is 9.72. The molecule has 1 aliphatic heterocycles. The van der Waals surface area contributed by atoms with E-state index in [1.807, 2.05) is 29.2 Å². The first-order valence-electron chi connectivity index (χ1n) is 6.93. The summed E-state index contributed by atoms with van der Waals surface area (Å²) in [5.41, 5.74) is 1.37. The average Bonchev–Trinajstić information content (AvgIpc) is 2.92. The molecule has 4 heteroatoms. The van der Waals surface area contributed by atoms with Crippen LogP contribution in [0.4, 0.5) is 0 Å². The van der Waals surface area contributed by atoms with Crippen LogP contribution in [0.3, 0.4) is 0 Å². The van der Waals surface area contributed by atoms with E-state index in [1.165, 1.54) is 27.5 Å². The normalized spacial score (nSPS) is 19.6. The number of fused-ring (bicyclic) bond motifs is 1. The van der Waals surface area contributed by atoms with Crippen molar-refractivity contribution in [1.29, 1.82) is 0 Å². The van der Waals surface area contributed by atoms with Gasteiger partial charge in [-0.1, -0.05) is 17.7 Å². The molecule has 20 heavy (non-hydrogen) atoms. The van der Waals surface area contributed by atoms with Gasteiger partial charge in [0, 0.05) is 26.9 Å². The van der Waals surface area contributed by atoms with Crippen molar-refractivity contribution in [3.8, 4) is 0 Å². The molecule has 2 aromatic rings. The second-order valence-corrected chi connectivity index (χ2v) is 7.83. The van der Waals surface area contributed by atoms with Crippen LogP contribution in [0.15, 0.2) is 40.6 Å². The van der Waals surface area contributed by atoms with E-state index >= 15 is 0 Å². The molecule has 2 unspecified atom stereocenters. The number of hydrogen-bond acceptors (Lipinski definition) is 3. The Balaban J connectivity index is 1.71. The van der Waals surface area contributed by atoms with E-state index in [9.17, 15) is 0 Å². The van der Waals surface area contributed by atoms with Crippen molar-refractivity contribution in [2.45, 2.75) is 36.7 Å². The van der Waals surface area contributed by atoms with Gasteiger partial charge in [-0.3, -0.25) is 0 Å². The summed E-state index contributed by atoms with van der Waals surface area (Å²) in [5.74, 6) is 1.18. The maximum atomic E-state index is 6.16. The van der Waals surface area contributed by atoms with Crippen LogP contribution in [0.1, 0.15) is 29.8 Å². The summed E-state index contributed by atoms with van der Waals surface area (Å²) >= 11 is 9.93. The van der Waals surface area contributed by atoms with Crippen molar-refractivity contribution in [2.75, 3.05) is 5.75 Å². The lowest BCUT2D eigenvalue weighted by atomic mass is 10.0. The summed E-state index contributed by atoms with van der Waals surface area (Å²) < 4.78 is 0. The van der Waals surface area contributed by atoms with Crippen molar-refractivity contribution in [2.24, 2.45) is 0 Å². The molecule has 2 atom stereocenters. The second-order valence-electron chi connectivity index (χ2n) is 5.22. The molecular weight excluding hydrogens is 306 g/mol. The number of benzene rings is 1. The zero-order valence-corrected chi connectivity index (χ0v) is 13.8. The molecule has 1 nitrogen and oxygen atoms in total. The Morgan fingerprint density at radius 3 is 3.10 bits per heavy atom. The molecule has 3 rings (SSSR count). The van der Waals surface area contributed by atoms with Crippen molar-refractivity contribution >= 4 is 34.7 Å². The topological polar surface area (TPSA) is 12.0 Å². The first kappa shape index (κ1) is 14.5. The van der Waals surface area contributed by atoms with Gasteiger partial charge in [-0.05, 0) is 60.7 Å². The van der Waals surface area contributed by atoms with Crippen molar-refractivity contribution < 1.29 is 0 Å². The lowest BCUT2D eigenvalue weighted by molar-refractivity contribution is 0.439. The number of halogens is 1. The molecule has 0 radical (unpaired) electrons. The highest BCUT2D eigenvalue weighted by atomic mass is 35.5. The highest BCUT2D eigenvalue weighted by Gasteiger charge is 2.22. The van der Waals surface area contributed by atoms with E-state index < -0.39 is 0 Å². The van der Waals surface area contributed by atoms with Crippen LogP contribution in [0.25, 0.3) is 0 Å². The Kier molecular flexibility index (Phi) is 4.72. The molecule has 0 fully saturated rings. The Hall–Kier alpha value is -0.480. The molecule has 0 amide bonds. The van der Waals surface area contributed by atoms with Crippen LogP contribution in [0.2, 0.25) is 5.02 Å². The molecule has 0 spiro atoms. The van der Waals surface area contributed by atoms with Gasteiger partial charge in [-0.2, -0.15) is 0 Å². The Morgan fingerprint density at radius 2 is 2.30 bits per heavy atom. The van der Waals surface area contributed by atoms with Gasteiger partial charge in [0.2, 0.25) is 0 Å². The monoisotopic (exact) mass is 323 g/mol. The van der Waals surface area contributed by atoms with E-state index in [0.29, 0.717) is 12.1 Å². The third kappa shape index (κ3) is 3.40. The van der Waals surface area contributed by atoms with Gasteiger partial charge in [0.05, 0.1) is 0 Å². The third-order valence-corrected chi connectivity index (χ3v) is 5.84. The minimum atomic E-state index is 0.430. The van der Waals surface area contributed by atoms with E-state index in [4.69, 9.17) is 11.6 Å². The summed E-state index contributed by atoms with van der Waals surface area (Å²) in [7, 11) is 0. The molecule has 0 bridgehead atoms. The van der Waals surface area contributed by atoms with Gasteiger partial charge in [0.15, 0.2) is 0 Å². The molecule has 0 aliphatic carbocycles. The lowest BCUT2D eigenvalue weighted by Gasteiger charge is -2.29. The largest absolute Gasteiger partial charge is 0.307 e. The van der Waals surface area contributed by atoms with Crippen LogP contribution in [0, 0.1) is 0 Å². The number of nitrogens with one attached hydrogen (secondary N) is 1. The summed E-state index contributed by atoms with van der Waals surface area (Å²) in [6, 6.07) is 11.5. The van der Waals surface area contributed by atoms with Gasteiger partial charge in [0.25, 0.3) is 0 Å². The van der Waals surface area contributed by atoms with Gasteiger partial charge < -0.3 is 5.32 Å². The summed E-state index contributed by atoms with van der Waals surface area (Å²) in [6.07, 6.45) is 2.27. The van der Waals surface area contributed by atoms with Crippen molar-refractivity contribution in [1.82, 2.24) is 5.32 Å². The molecule has 1 aromatic heterocycles. The summed E-state index contributed by atoms with van der Waals surface area (Å²) in [6.45, 7) is 2.27. The fraction of sp³-hybridized carbons (Fsp3) is 0.375. The average molecular weight is 324 g/mol. The quantitative estimate of drug-likeness (QED) is 0.834. The molecule has 2 heterocycles. The molecular formula is C16H18ClNS2. The SMILES string of the molecule is CC(Cc1cccs1)NC1CCSc2ccc(Cl)cc21. The summed E-state index contributed by atoms with van der Waals surface area (Å²) in [4.78, 5) is 2.82. The van der Waals surface area contributed by atoms with Crippen LogP contribution in [0.5, 0.6) is 0 Å². The maximum absolute atomic E-state index is 6.16. The van der Waals surface area contributed by atoms with E-state index in [2.05, 4.69) is 41.9 Å². The van der Waals surface area contributed by atoms with E-state index in [1.54, 1.807) is 0 Å². The van der Waals surface area contributed by atoms with Gasteiger partial charge in [0.1, 0.15) is 0 Å². The highest BCUT2D eigenvalue weighted by molar-refractivity contribution is 7.99. The molecule has 1 aromatic carbocycles. The van der Waals surface area contributed by atoms with Crippen LogP contribution < -0.4 is 5.32 Å². The van der Waals surface area contributed by atoms with Gasteiger partial charge in [-0.25, -0.2) is 0 Å². The highest BCUT2D eigenvalue weighted by Crippen LogP contribution is 2.37. The summed E-state index contributed by atoms with van der Waals surface area (Å²) in [5, 5.41) is 6.76. The van der Waals surface area contributed by atoms with Crippen LogP contribution >= 0.6 is 34.7 Å². The Bertz CT molecular complexity index is 568. The van der Waals surface area contributed by atoms with Crippen LogP contribution in [-0.4, -0.2) is 11.8 Å². The van der Waals surface area contributed by atoms with Gasteiger partial charge >= 0.3 is 0 Å². The van der Waals surface area contributed by atoms with Crippen molar-refractivity contribution in [3.63, 3.8) is 0 Å². The maximum Gasteiger partial charge on any atom is 0.0410 e. The first-order valence-corrected chi connectivity index (χ1v) is 9.17. The number of rotatable bonds is 4. The zero-order valence-electron chi connectivity index (χ0n) is 11.4. The second kappa shape index (κ2) is 6.52. The Morgan fingerprint density at radius 1 is 1.40 bits per heavy atom. The molecule has 1 N–H and O–H groups in total. The number of thioether (sulfide) groups is 1. The minimum Gasteiger partial charge on any atom is -0.307 e. The molecule has 106 valence electrons. The third-order valence-electron chi connectivity index (χ3n) is 3.58. The number of hydrogen-bond donors (Lipinski definition) is 1. The van der Waals surface area contributed by atoms with Crippen molar-refractivity contribution in [3.05, 3.63) is 51.2 Å². The van der Waals surface area contributed by atoms with Gasteiger partial charge in [-0.15, -0.1) is 23.1 Å².